The number of fused-ring (bicyclic) bond motifs is 5. The number of ether oxygens (including phenoxy) is 1. The van der Waals surface area contributed by atoms with Crippen molar-refractivity contribution in [3.63, 3.8) is 0 Å². The van der Waals surface area contributed by atoms with Gasteiger partial charge in [0.15, 0.2) is 5.75 Å². The van der Waals surface area contributed by atoms with Gasteiger partial charge in [0.2, 0.25) is 6.23 Å². The molecule has 5 rings (SSSR count). The molecule has 1 unspecified atom stereocenters. The molecule has 0 radical (unpaired) electrons. The molecular weight excluding hydrogens is 315 g/mol. The second-order valence-corrected chi connectivity index (χ2v) is 6.25. The Labute approximate surface area is 144 Å². The van der Waals surface area contributed by atoms with Gasteiger partial charge in [-0.05, 0) is 37.3 Å². The summed E-state index contributed by atoms with van der Waals surface area (Å²) in [6.07, 6.45) is -0.354. The standard InChI is InChI=1S/C21H15FN2O/c1-13-10-11-19-20(23-13)18-12-15-16(22)8-5-9-17(15)24(18)21(25-19)14-6-3-2-4-7-14/h2-12,21H,1H3. The van der Waals surface area contributed by atoms with E-state index in [4.69, 9.17) is 4.74 Å². The average Bonchev–Trinajstić information content (AvgIpc) is 3.03. The van der Waals surface area contributed by atoms with Crippen molar-refractivity contribution in [1.29, 1.82) is 0 Å². The predicted molar refractivity (Wildman–Crippen MR) is 95.1 cm³/mol. The number of aryl methyl sites for hydroxylation is 1. The van der Waals surface area contributed by atoms with Gasteiger partial charge in [-0.25, -0.2) is 9.37 Å². The fourth-order valence-corrected chi connectivity index (χ4v) is 3.48. The molecule has 0 aliphatic carbocycles. The van der Waals surface area contributed by atoms with E-state index >= 15 is 0 Å². The molecule has 25 heavy (non-hydrogen) atoms. The summed E-state index contributed by atoms with van der Waals surface area (Å²) < 4.78 is 22.7. The molecule has 1 aliphatic rings. The Kier molecular flexibility index (Phi) is 2.95. The zero-order chi connectivity index (χ0) is 17.0. The SMILES string of the molecule is Cc1ccc2c(n1)-c1cc3c(F)cccc3n1C(c1ccccc1)O2. The van der Waals surface area contributed by atoms with Gasteiger partial charge in [-0.1, -0.05) is 36.4 Å². The van der Waals surface area contributed by atoms with Crippen LogP contribution in [-0.4, -0.2) is 9.55 Å². The Balaban J connectivity index is 1.86. The first kappa shape index (κ1) is 14.2. The number of benzene rings is 2. The summed E-state index contributed by atoms with van der Waals surface area (Å²) in [5, 5.41) is 0.582. The van der Waals surface area contributed by atoms with Gasteiger partial charge < -0.3 is 4.74 Å². The molecule has 0 saturated heterocycles. The highest BCUT2D eigenvalue weighted by atomic mass is 19.1. The van der Waals surface area contributed by atoms with Crippen molar-refractivity contribution in [3.05, 3.63) is 83.8 Å². The van der Waals surface area contributed by atoms with Gasteiger partial charge in [0, 0.05) is 16.6 Å². The fourth-order valence-electron chi connectivity index (χ4n) is 3.48. The summed E-state index contributed by atoms with van der Waals surface area (Å²) in [7, 11) is 0. The number of aromatic nitrogens is 2. The Morgan fingerprint density at radius 1 is 1.00 bits per heavy atom. The lowest BCUT2D eigenvalue weighted by atomic mass is 10.1. The smallest absolute Gasteiger partial charge is 0.203 e. The van der Waals surface area contributed by atoms with Crippen LogP contribution in [0.2, 0.25) is 0 Å². The summed E-state index contributed by atoms with van der Waals surface area (Å²) in [4.78, 5) is 4.64. The number of nitrogens with zero attached hydrogens (tertiary/aromatic N) is 2. The molecule has 4 aromatic rings. The molecule has 2 aromatic heterocycles. The van der Waals surface area contributed by atoms with E-state index in [1.54, 1.807) is 6.07 Å². The lowest BCUT2D eigenvalue weighted by Crippen LogP contribution is -2.22. The number of pyridine rings is 1. The zero-order valence-corrected chi connectivity index (χ0v) is 13.6. The number of hydrogen-bond donors (Lipinski definition) is 0. The lowest BCUT2D eigenvalue weighted by Gasteiger charge is -2.29. The molecule has 122 valence electrons. The first-order chi connectivity index (χ1) is 12.2. The van der Waals surface area contributed by atoms with Crippen molar-refractivity contribution in [1.82, 2.24) is 9.55 Å². The highest BCUT2D eigenvalue weighted by Crippen LogP contribution is 2.43. The van der Waals surface area contributed by atoms with Gasteiger partial charge in [0.1, 0.15) is 11.5 Å². The molecule has 0 saturated carbocycles. The molecule has 0 bridgehead atoms. The third-order valence-corrected chi connectivity index (χ3v) is 4.63. The highest BCUT2D eigenvalue weighted by molar-refractivity contribution is 5.88. The normalized spacial score (nSPS) is 15.5. The average molecular weight is 330 g/mol. The molecular formula is C21H15FN2O. The Morgan fingerprint density at radius 2 is 1.84 bits per heavy atom. The highest BCUT2D eigenvalue weighted by Gasteiger charge is 2.30. The van der Waals surface area contributed by atoms with Gasteiger partial charge in [0.05, 0.1) is 11.2 Å². The minimum absolute atomic E-state index is 0.236. The summed E-state index contributed by atoms with van der Waals surface area (Å²) in [6, 6.07) is 20.8. The van der Waals surface area contributed by atoms with Crippen molar-refractivity contribution in [3.8, 4) is 17.1 Å². The number of hydrogen-bond acceptors (Lipinski definition) is 2. The van der Waals surface area contributed by atoms with Gasteiger partial charge in [0.25, 0.3) is 0 Å². The third-order valence-electron chi connectivity index (χ3n) is 4.63. The molecule has 2 aromatic carbocycles. The van der Waals surface area contributed by atoms with E-state index in [9.17, 15) is 4.39 Å². The van der Waals surface area contributed by atoms with Crippen LogP contribution in [0.5, 0.6) is 5.75 Å². The lowest BCUT2D eigenvalue weighted by molar-refractivity contribution is 0.172. The van der Waals surface area contributed by atoms with E-state index in [2.05, 4.69) is 4.98 Å². The van der Waals surface area contributed by atoms with Crippen LogP contribution in [-0.2, 0) is 0 Å². The van der Waals surface area contributed by atoms with Crippen molar-refractivity contribution < 1.29 is 9.13 Å². The van der Waals surface area contributed by atoms with E-state index in [-0.39, 0.29) is 12.0 Å². The first-order valence-electron chi connectivity index (χ1n) is 8.21. The van der Waals surface area contributed by atoms with Crippen molar-refractivity contribution in [2.45, 2.75) is 13.2 Å². The number of rotatable bonds is 1. The summed E-state index contributed by atoms with van der Waals surface area (Å²) in [5.41, 5.74) is 4.34. The topological polar surface area (TPSA) is 27.1 Å². The van der Waals surface area contributed by atoms with Gasteiger partial charge >= 0.3 is 0 Å². The molecule has 0 fully saturated rings. The Hall–Kier alpha value is -3.14. The summed E-state index contributed by atoms with van der Waals surface area (Å²) in [5.74, 6) is 0.482. The Morgan fingerprint density at radius 3 is 2.68 bits per heavy atom. The molecule has 4 heteroatoms. The molecule has 3 heterocycles. The number of halogens is 1. The van der Waals surface area contributed by atoms with E-state index in [1.165, 1.54) is 6.07 Å². The minimum atomic E-state index is -0.354. The van der Waals surface area contributed by atoms with E-state index in [1.807, 2.05) is 66.1 Å². The second-order valence-electron chi connectivity index (χ2n) is 6.25. The monoisotopic (exact) mass is 330 g/mol. The molecule has 3 nitrogen and oxygen atoms in total. The second kappa shape index (κ2) is 5.18. The van der Waals surface area contributed by atoms with Crippen LogP contribution in [0.25, 0.3) is 22.3 Å². The van der Waals surface area contributed by atoms with Crippen molar-refractivity contribution in [2.24, 2.45) is 0 Å². The van der Waals surface area contributed by atoms with Crippen LogP contribution in [0, 0.1) is 12.7 Å². The summed E-state index contributed by atoms with van der Waals surface area (Å²) >= 11 is 0. The van der Waals surface area contributed by atoms with Crippen LogP contribution in [0.15, 0.2) is 66.7 Å². The maximum Gasteiger partial charge on any atom is 0.203 e. The van der Waals surface area contributed by atoms with Crippen LogP contribution in [0.1, 0.15) is 17.5 Å². The van der Waals surface area contributed by atoms with Crippen LogP contribution in [0.3, 0.4) is 0 Å². The fraction of sp³-hybridized carbons (Fsp3) is 0.0952. The van der Waals surface area contributed by atoms with E-state index in [0.29, 0.717) is 5.39 Å². The van der Waals surface area contributed by atoms with Gasteiger partial charge in [-0.15, -0.1) is 0 Å². The predicted octanol–water partition coefficient (Wildman–Crippen LogP) is 5.09. The maximum atomic E-state index is 14.4. The van der Waals surface area contributed by atoms with Gasteiger partial charge in [-0.2, -0.15) is 0 Å². The van der Waals surface area contributed by atoms with E-state index < -0.39 is 0 Å². The quantitative estimate of drug-likeness (QED) is 0.486. The molecule has 0 amide bonds. The largest absolute Gasteiger partial charge is 0.464 e. The molecule has 1 aliphatic heterocycles. The molecule has 0 N–H and O–H groups in total. The molecule has 0 spiro atoms. The van der Waals surface area contributed by atoms with Crippen LogP contribution < -0.4 is 4.74 Å². The van der Waals surface area contributed by atoms with E-state index in [0.717, 1.165) is 33.9 Å². The minimum Gasteiger partial charge on any atom is -0.464 e. The van der Waals surface area contributed by atoms with Crippen LogP contribution >= 0.6 is 0 Å². The zero-order valence-electron chi connectivity index (χ0n) is 13.6. The van der Waals surface area contributed by atoms with Crippen molar-refractivity contribution >= 4 is 10.9 Å². The third kappa shape index (κ3) is 2.07. The summed E-state index contributed by atoms with van der Waals surface area (Å²) in [6.45, 7) is 1.94. The van der Waals surface area contributed by atoms with Crippen molar-refractivity contribution in [2.75, 3.05) is 0 Å². The van der Waals surface area contributed by atoms with Gasteiger partial charge in [-0.3, -0.25) is 4.57 Å². The first-order valence-corrected chi connectivity index (χ1v) is 8.21. The maximum absolute atomic E-state index is 14.4. The Bertz CT molecular complexity index is 1100. The molecule has 1 atom stereocenters. The van der Waals surface area contributed by atoms with Crippen LogP contribution in [0.4, 0.5) is 4.39 Å².